The summed E-state index contributed by atoms with van der Waals surface area (Å²) in [5.41, 5.74) is -0.171. The highest BCUT2D eigenvalue weighted by molar-refractivity contribution is 7.14. The second-order valence-electron chi connectivity index (χ2n) is 5.59. The smallest absolute Gasteiger partial charge is 0.260 e. The molecule has 9 heteroatoms. The fourth-order valence-corrected chi connectivity index (χ4v) is 2.84. The Bertz CT molecular complexity index is 807. The van der Waals surface area contributed by atoms with E-state index in [1.54, 1.807) is 25.3 Å². The number of hydrogen-bond donors (Lipinski definition) is 2. The third-order valence-electron chi connectivity index (χ3n) is 3.31. The number of nitriles is 1. The summed E-state index contributed by atoms with van der Waals surface area (Å²) >= 11 is 1.21. The number of nitrogens with zero attached hydrogens (tertiary/aromatic N) is 2. The predicted molar refractivity (Wildman–Crippen MR) is 91.3 cm³/mol. The molecule has 2 rings (SSSR count). The molecule has 0 radical (unpaired) electrons. The number of thiazole rings is 1. The van der Waals surface area contributed by atoms with Crippen LogP contribution in [0.4, 0.5) is 5.13 Å². The van der Waals surface area contributed by atoms with Crippen molar-refractivity contribution in [3.05, 3.63) is 34.7 Å². The maximum atomic E-state index is 12.1. The number of aromatic nitrogens is 1. The number of anilines is 1. The summed E-state index contributed by atoms with van der Waals surface area (Å²) in [6, 6.07) is 3.58. The number of aryl methyl sites for hydroxylation is 1. The summed E-state index contributed by atoms with van der Waals surface area (Å²) in [7, 11) is 1.46. The zero-order valence-corrected chi connectivity index (χ0v) is 14.9. The molecule has 8 nitrogen and oxygen atoms in total. The molecule has 0 unspecified atom stereocenters. The second kappa shape index (κ2) is 7.92. The molecule has 0 spiro atoms. The quantitative estimate of drug-likeness (QED) is 0.776. The van der Waals surface area contributed by atoms with Crippen LogP contribution in [0.2, 0.25) is 0 Å². The van der Waals surface area contributed by atoms with E-state index in [1.807, 2.05) is 6.07 Å². The molecule has 2 amide bonds. The highest BCUT2D eigenvalue weighted by Gasteiger charge is 2.26. The van der Waals surface area contributed by atoms with Gasteiger partial charge >= 0.3 is 0 Å². The molecule has 0 aliphatic heterocycles. The zero-order valence-electron chi connectivity index (χ0n) is 14.1. The minimum absolute atomic E-state index is 0.00189. The van der Waals surface area contributed by atoms with Crippen molar-refractivity contribution in [3.8, 4) is 6.07 Å². The van der Waals surface area contributed by atoms with E-state index in [4.69, 9.17) is 14.4 Å². The molecule has 2 N–H and O–H groups in total. The monoisotopic (exact) mass is 362 g/mol. The molecule has 0 saturated carbocycles. The van der Waals surface area contributed by atoms with E-state index < -0.39 is 5.54 Å². The molecule has 2 aromatic heterocycles. The zero-order chi connectivity index (χ0) is 18.4. The van der Waals surface area contributed by atoms with Gasteiger partial charge in [-0.15, -0.1) is 11.3 Å². The van der Waals surface area contributed by atoms with Gasteiger partial charge in [-0.05, 0) is 19.9 Å². The van der Waals surface area contributed by atoms with Gasteiger partial charge in [0.25, 0.3) is 5.91 Å². The highest BCUT2D eigenvalue weighted by atomic mass is 32.1. The Hall–Kier alpha value is -2.70. The molecule has 132 valence electrons. The van der Waals surface area contributed by atoms with Crippen LogP contribution in [0.3, 0.4) is 0 Å². The van der Waals surface area contributed by atoms with Crippen molar-refractivity contribution in [1.29, 1.82) is 5.26 Å². The third-order valence-corrected chi connectivity index (χ3v) is 4.12. The molecule has 25 heavy (non-hydrogen) atoms. The summed E-state index contributed by atoms with van der Waals surface area (Å²) in [6.07, 6.45) is 1.44. The first-order chi connectivity index (χ1) is 11.9. The normalized spacial score (nSPS) is 12.9. The summed E-state index contributed by atoms with van der Waals surface area (Å²) in [6.45, 7) is 3.35. The molecular weight excluding hydrogens is 344 g/mol. The lowest BCUT2D eigenvalue weighted by Gasteiger charge is -2.21. The maximum Gasteiger partial charge on any atom is 0.260 e. The van der Waals surface area contributed by atoms with Crippen LogP contribution in [0.25, 0.3) is 0 Å². The van der Waals surface area contributed by atoms with E-state index in [0.717, 1.165) is 0 Å². The standard InChI is InChI=1S/C16H18N4O4S/c1-10-12(4-5-24-10)14(22)19-15-18-11(7-25-15)6-13(21)20-16(2,8-17)9-23-3/h4-5,7H,6,9H2,1-3H3,(H,20,21)(H,18,19,22)/t16-/m0/s1. The summed E-state index contributed by atoms with van der Waals surface area (Å²) in [5.74, 6) is -0.161. The first-order valence-electron chi connectivity index (χ1n) is 7.38. The Morgan fingerprint density at radius 2 is 2.28 bits per heavy atom. The van der Waals surface area contributed by atoms with E-state index in [9.17, 15) is 9.59 Å². The molecule has 0 fully saturated rings. The number of nitrogens with one attached hydrogen (secondary N) is 2. The van der Waals surface area contributed by atoms with Crippen LogP contribution in [0.15, 0.2) is 22.1 Å². The van der Waals surface area contributed by atoms with E-state index in [-0.39, 0.29) is 24.8 Å². The topological polar surface area (TPSA) is 117 Å². The molecule has 2 heterocycles. The first-order valence-corrected chi connectivity index (χ1v) is 8.26. The van der Waals surface area contributed by atoms with Crippen LogP contribution in [-0.4, -0.2) is 36.1 Å². The van der Waals surface area contributed by atoms with Gasteiger partial charge < -0.3 is 14.5 Å². The molecule has 1 atom stereocenters. The van der Waals surface area contributed by atoms with Gasteiger partial charge in [0.1, 0.15) is 11.3 Å². The molecule has 0 saturated heterocycles. The largest absolute Gasteiger partial charge is 0.469 e. The van der Waals surface area contributed by atoms with Crippen LogP contribution < -0.4 is 10.6 Å². The fourth-order valence-electron chi connectivity index (χ4n) is 2.13. The van der Waals surface area contributed by atoms with Gasteiger partial charge in [-0.1, -0.05) is 0 Å². The lowest BCUT2D eigenvalue weighted by molar-refractivity contribution is -0.122. The minimum atomic E-state index is -1.10. The van der Waals surface area contributed by atoms with Crippen molar-refractivity contribution < 1.29 is 18.7 Å². The van der Waals surface area contributed by atoms with Gasteiger partial charge in [-0.3, -0.25) is 14.9 Å². The predicted octanol–water partition coefficient (Wildman–Crippen LogP) is 1.88. The van der Waals surface area contributed by atoms with Crippen LogP contribution >= 0.6 is 11.3 Å². The minimum Gasteiger partial charge on any atom is -0.469 e. The number of hydrogen-bond acceptors (Lipinski definition) is 7. The van der Waals surface area contributed by atoms with Gasteiger partial charge in [0.2, 0.25) is 5.91 Å². The third kappa shape index (κ3) is 4.89. The average molecular weight is 362 g/mol. The Balaban J connectivity index is 1.95. The summed E-state index contributed by atoms with van der Waals surface area (Å²) < 4.78 is 10.0. The lowest BCUT2D eigenvalue weighted by Crippen LogP contribution is -2.48. The number of carbonyl (C=O) groups is 2. The number of ether oxygens (including phenoxy) is 1. The van der Waals surface area contributed by atoms with Gasteiger partial charge in [0.15, 0.2) is 5.13 Å². The van der Waals surface area contributed by atoms with Crippen molar-refractivity contribution >= 4 is 28.3 Å². The molecule has 0 bridgehead atoms. The van der Waals surface area contributed by atoms with Crippen LogP contribution in [0, 0.1) is 18.3 Å². The van der Waals surface area contributed by atoms with E-state index in [2.05, 4.69) is 15.6 Å². The van der Waals surface area contributed by atoms with Gasteiger partial charge in [-0.25, -0.2) is 4.98 Å². The molecule has 0 aliphatic carbocycles. The molecule has 0 aromatic carbocycles. The SMILES string of the molecule is COC[C@](C)(C#N)NC(=O)Cc1csc(NC(=O)c2ccoc2C)n1. The Labute approximate surface area is 148 Å². The van der Waals surface area contributed by atoms with E-state index in [1.165, 1.54) is 24.7 Å². The fraction of sp³-hybridized carbons (Fsp3) is 0.375. The van der Waals surface area contributed by atoms with Crippen LogP contribution in [0.5, 0.6) is 0 Å². The maximum absolute atomic E-state index is 12.1. The van der Waals surface area contributed by atoms with E-state index in [0.29, 0.717) is 22.1 Å². The molecular formula is C16H18N4O4S. The van der Waals surface area contributed by atoms with Gasteiger partial charge in [-0.2, -0.15) is 5.26 Å². The Morgan fingerprint density at radius 1 is 1.52 bits per heavy atom. The van der Waals surface area contributed by atoms with Crippen molar-refractivity contribution in [2.24, 2.45) is 0 Å². The molecule has 2 aromatic rings. The first kappa shape index (κ1) is 18.6. The Morgan fingerprint density at radius 3 is 2.88 bits per heavy atom. The van der Waals surface area contributed by atoms with Crippen molar-refractivity contribution in [1.82, 2.24) is 10.3 Å². The van der Waals surface area contributed by atoms with Crippen LogP contribution in [0.1, 0.15) is 28.7 Å². The number of methoxy groups -OCH3 is 1. The highest BCUT2D eigenvalue weighted by Crippen LogP contribution is 2.18. The summed E-state index contributed by atoms with van der Waals surface area (Å²) in [5, 5.41) is 16.5. The number of carbonyl (C=O) groups excluding carboxylic acids is 2. The average Bonchev–Trinajstić information content (AvgIpc) is 3.16. The van der Waals surface area contributed by atoms with Crippen molar-refractivity contribution in [3.63, 3.8) is 0 Å². The van der Waals surface area contributed by atoms with Gasteiger partial charge in [0.05, 0.1) is 36.6 Å². The van der Waals surface area contributed by atoms with Gasteiger partial charge in [0, 0.05) is 12.5 Å². The van der Waals surface area contributed by atoms with E-state index >= 15 is 0 Å². The molecule has 0 aliphatic rings. The van der Waals surface area contributed by atoms with Crippen molar-refractivity contribution in [2.75, 3.05) is 19.0 Å². The number of amides is 2. The summed E-state index contributed by atoms with van der Waals surface area (Å²) in [4.78, 5) is 28.4. The number of rotatable bonds is 7. The number of furan rings is 1. The van der Waals surface area contributed by atoms with Crippen LogP contribution in [-0.2, 0) is 16.0 Å². The Kier molecular flexibility index (Phi) is 5.90. The lowest BCUT2D eigenvalue weighted by atomic mass is 10.1. The second-order valence-corrected chi connectivity index (χ2v) is 6.45. The van der Waals surface area contributed by atoms with Crippen molar-refractivity contribution in [2.45, 2.75) is 25.8 Å².